The molecule has 8 heteroatoms. The summed E-state index contributed by atoms with van der Waals surface area (Å²) in [5.41, 5.74) is 0. The van der Waals surface area contributed by atoms with E-state index >= 15 is 0 Å². The van der Waals surface area contributed by atoms with Gasteiger partial charge in [-0.25, -0.2) is 0 Å². The third-order valence-corrected chi connectivity index (χ3v) is 1.98. The maximum absolute atomic E-state index is 12.0. The van der Waals surface area contributed by atoms with Crippen molar-refractivity contribution in [2.75, 3.05) is 18.4 Å². The maximum atomic E-state index is 12.0. The van der Waals surface area contributed by atoms with E-state index in [9.17, 15) is 22.8 Å². The molecule has 1 amide bonds. The number of carboxylic acid groups (broad SMARTS) is 1. The summed E-state index contributed by atoms with van der Waals surface area (Å²) in [5.74, 6) is -3.59. The minimum Gasteiger partial charge on any atom is -0.480 e. The molecule has 0 aromatic rings. The van der Waals surface area contributed by atoms with Crippen molar-refractivity contribution in [1.29, 1.82) is 0 Å². The number of aliphatic carboxylic acids is 1. The van der Waals surface area contributed by atoms with Crippen molar-refractivity contribution < 1.29 is 27.9 Å². The van der Waals surface area contributed by atoms with Crippen LogP contribution in [0.25, 0.3) is 0 Å². The van der Waals surface area contributed by atoms with Crippen LogP contribution in [0.3, 0.4) is 0 Å². The van der Waals surface area contributed by atoms with Gasteiger partial charge in [0.25, 0.3) is 0 Å². The molecular formula is C7H9BrF3NO3. The van der Waals surface area contributed by atoms with Gasteiger partial charge in [0.05, 0.1) is 0 Å². The van der Waals surface area contributed by atoms with Gasteiger partial charge in [0.15, 0.2) is 0 Å². The summed E-state index contributed by atoms with van der Waals surface area (Å²) in [6.07, 6.45) is -4.77. The van der Waals surface area contributed by atoms with Crippen LogP contribution in [-0.4, -0.2) is 46.5 Å². The maximum Gasteiger partial charge on any atom is 0.471 e. The summed E-state index contributed by atoms with van der Waals surface area (Å²) in [6, 6.07) is 0. The van der Waals surface area contributed by atoms with Crippen LogP contribution in [0.15, 0.2) is 0 Å². The summed E-state index contributed by atoms with van der Waals surface area (Å²) >= 11 is 2.98. The molecule has 0 saturated carbocycles. The Morgan fingerprint density at radius 1 is 1.33 bits per heavy atom. The lowest BCUT2D eigenvalue weighted by Gasteiger charge is -2.21. The average Bonchev–Trinajstić information content (AvgIpc) is 2.09. The Morgan fingerprint density at radius 3 is 2.20 bits per heavy atom. The molecule has 15 heavy (non-hydrogen) atoms. The van der Waals surface area contributed by atoms with Gasteiger partial charge in [-0.1, -0.05) is 15.9 Å². The highest BCUT2D eigenvalue weighted by Crippen LogP contribution is 2.18. The van der Waals surface area contributed by atoms with E-state index in [-0.39, 0.29) is 17.9 Å². The van der Waals surface area contributed by atoms with Crippen LogP contribution in [0, 0.1) is 0 Å². The Kier molecular flexibility index (Phi) is 5.63. The van der Waals surface area contributed by atoms with Gasteiger partial charge >= 0.3 is 18.1 Å². The third-order valence-electron chi connectivity index (χ3n) is 1.42. The summed E-state index contributed by atoms with van der Waals surface area (Å²) in [4.78, 5) is 21.2. The molecule has 0 aliphatic rings. The summed E-state index contributed by atoms with van der Waals surface area (Å²) < 4.78 is 35.9. The molecule has 0 atom stereocenters. The second kappa shape index (κ2) is 5.94. The molecular weight excluding hydrogens is 283 g/mol. The standard InChI is InChI=1S/C7H9BrF3NO3/c8-2-1-3-12(4-5(13)14)6(15)7(9,10)11/h1-4H2,(H,13,14). The molecule has 0 spiro atoms. The van der Waals surface area contributed by atoms with E-state index < -0.39 is 24.6 Å². The highest BCUT2D eigenvalue weighted by atomic mass is 79.9. The molecule has 0 radical (unpaired) electrons. The van der Waals surface area contributed by atoms with Crippen LogP contribution in [0.5, 0.6) is 0 Å². The van der Waals surface area contributed by atoms with Crippen molar-refractivity contribution in [1.82, 2.24) is 4.90 Å². The predicted octanol–water partition coefficient (Wildman–Crippen LogP) is 1.25. The van der Waals surface area contributed by atoms with Gasteiger partial charge in [0, 0.05) is 11.9 Å². The second-order valence-electron chi connectivity index (χ2n) is 2.66. The van der Waals surface area contributed by atoms with E-state index in [2.05, 4.69) is 15.9 Å². The van der Waals surface area contributed by atoms with E-state index in [1.807, 2.05) is 0 Å². The number of carbonyl (C=O) groups is 2. The molecule has 0 saturated heterocycles. The van der Waals surface area contributed by atoms with Crippen molar-refractivity contribution in [3.63, 3.8) is 0 Å². The Balaban J connectivity index is 4.47. The van der Waals surface area contributed by atoms with Crippen molar-refractivity contribution in [3.05, 3.63) is 0 Å². The fourth-order valence-electron chi connectivity index (χ4n) is 0.846. The molecule has 0 aliphatic heterocycles. The van der Waals surface area contributed by atoms with E-state index in [4.69, 9.17) is 5.11 Å². The number of amides is 1. The Labute approximate surface area is 92.2 Å². The zero-order valence-corrected chi connectivity index (χ0v) is 9.14. The van der Waals surface area contributed by atoms with Crippen LogP contribution < -0.4 is 0 Å². The third kappa shape index (κ3) is 5.60. The zero-order valence-electron chi connectivity index (χ0n) is 7.55. The lowest BCUT2D eigenvalue weighted by atomic mass is 10.3. The second-order valence-corrected chi connectivity index (χ2v) is 3.45. The van der Waals surface area contributed by atoms with Crippen molar-refractivity contribution in [3.8, 4) is 0 Å². The van der Waals surface area contributed by atoms with Gasteiger partial charge in [-0.2, -0.15) is 13.2 Å². The minimum atomic E-state index is -5.03. The first kappa shape index (κ1) is 14.2. The van der Waals surface area contributed by atoms with Gasteiger partial charge in [-0.3, -0.25) is 9.59 Å². The lowest BCUT2D eigenvalue weighted by Crippen LogP contribution is -2.44. The van der Waals surface area contributed by atoms with Crippen LogP contribution in [0.4, 0.5) is 13.2 Å². The molecule has 0 aromatic heterocycles. The number of hydrogen-bond donors (Lipinski definition) is 1. The van der Waals surface area contributed by atoms with Crippen LogP contribution in [0.1, 0.15) is 6.42 Å². The topological polar surface area (TPSA) is 57.6 Å². The predicted molar refractivity (Wildman–Crippen MR) is 48.7 cm³/mol. The summed E-state index contributed by atoms with van der Waals surface area (Å²) in [7, 11) is 0. The van der Waals surface area contributed by atoms with Crippen LogP contribution >= 0.6 is 15.9 Å². The van der Waals surface area contributed by atoms with E-state index in [0.29, 0.717) is 5.33 Å². The number of nitrogens with zero attached hydrogens (tertiary/aromatic N) is 1. The van der Waals surface area contributed by atoms with Gasteiger partial charge in [-0.05, 0) is 6.42 Å². The monoisotopic (exact) mass is 291 g/mol. The number of hydrogen-bond acceptors (Lipinski definition) is 2. The molecule has 0 bridgehead atoms. The van der Waals surface area contributed by atoms with Gasteiger partial charge in [0.2, 0.25) is 0 Å². The largest absolute Gasteiger partial charge is 0.480 e. The molecule has 0 unspecified atom stereocenters. The molecule has 0 rings (SSSR count). The summed E-state index contributed by atoms with van der Waals surface area (Å²) in [5, 5.41) is 8.72. The number of halogens is 4. The molecule has 1 N–H and O–H groups in total. The Morgan fingerprint density at radius 2 is 1.87 bits per heavy atom. The smallest absolute Gasteiger partial charge is 0.471 e. The van der Waals surface area contributed by atoms with E-state index in [0.717, 1.165) is 0 Å². The van der Waals surface area contributed by atoms with Gasteiger partial charge in [-0.15, -0.1) is 0 Å². The van der Waals surface area contributed by atoms with Crippen LogP contribution in [-0.2, 0) is 9.59 Å². The molecule has 4 nitrogen and oxygen atoms in total. The lowest BCUT2D eigenvalue weighted by molar-refractivity contribution is -0.186. The van der Waals surface area contributed by atoms with E-state index in [1.165, 1.54) is 0 Å². The molecule has 0 heterocycles. The number of carbonyl (C=O) groups excluding carboxylic acids is 1. The zero-order chi connectivity index (χ0) is 12.1. The number of carboxylic acids is 1. The quantitative estimate of drug-likeness (QED) is 0.776. The fourth-order valence-corrected chi connectivity index (χ4v) is 1.10. The number of alkyl halides is 4. The summed E-state index contributed by atoms with van der Waals surface area (Å²) in [6.45, 7) is -1.18. The highest BCUT2D eigenvalue weighted by Gasteiger charge is 2.42. The van der Waals surface area contributed by atoms with Crippen molar-refractivity contribution in [2.24, 2.45) is 0 Å². The molecule has 0 aromatic carbocycles. The van der Waals surface area contributed by atoms with E-state index in [1.54, 1.807) is 0 Å². The fraction of sp³-hybridized carbons (Fsp3) is 0.714. The first-order valence-corrected chi connectivity index (χ1v) is 5.05. The Bertz CT molecular complexity index is 244. The normalized spacial score (nSPS) is 11.2. The van der Waals surface area contributed by atoms with Crippen molar-refractivity contribution >= 4 is 27.8 Å². The Hall–Kier alpha value is -0.790. The van der Waals surface area contributed by atoms with Gasteiger partial charge in [0.1, 0.15) is 6.54 Å². The SMILES string of the molecule is O=C(O)CN(CCCBr)C(=O)C(F)(F)F. The molecule has 0 aliphatic carbocycles. The van der Waals surface area contributed by atoms with Gasteiger partial charge < -0.3 is 10.0 Å². The highest BCUT2D eigenvalue weighted by molar-refractivity contribution is 9.09. The molecule has 0 fully saturated rings. The number of rotatable bonds is 5. The van der Waals surface area contributed by atoms with Crippen LogP contribution in [0.2, 0.25) is 0 Å². The molecule has 88 valence electrons. The first-order valence-electron chi connectivity index (χ1n) is 3.93. The van der Waals surface area contributed by atoms with Crippen molar-refractivity contribution in [2.45, 2.75) is 12.6 Å². The average molecular weight is 292 g/mol. The first-order chi connectivity index (χ1) is 6.79. The minimum absolute atomic E-state index is 0.240.